The molecule has 0 spiro atoms. The van der Waals surface area contributed by atoms with Gasteiger partial charge in [0.15, 0.2) is 0 Å². The summed E-state index contributed by atoms with van der Waals surface area (Å²) in [5, 5.41) is 21.5. The van der Waals surface area contributed by atoms with Crippen LogP contribution in [0.3, 0.4) is 0 Å². The quantitative estimate of drug-likeness (QED) is 0.0569. The largest absolute Gasteiger partial charge is 0.394 e. The molecule has 0 radical (unpaired) electrons. The molecule has 12 aromatic rings. The predicted molar refractivity (Wildman–Crippen MR) is 375 cm³/mol. The first-order chi connectivity index (χ1) is 46.9. The molecule has 6 N–H and O–H groups in total. The van der Waals surface area contributed by atoms with E-state index < -0.39 is 6.04 Å². The molecule has 0 saturated carbocycles. The number of nitrogens with one attached hydrogen (secondary N) is 3. The van der Waals surface area contributed by atoms with Crippen LogP contribution in [0.25, 0.3) is 33.8 Å². The summed E-state index contributed by atoms with van der Waals surface area (Å²) in [6.45, 7) is 7.45. The summed E-state index contributed by atoms with van der Waals surface area (Å²) in [7, 11) is 5.84. The molecule has 3 aliphatic heterocycles. The van der Waals surface area contributed by atoms with E-state index in [1.54, 1.807) is 60.4 Å². The molecule has 0 bridgehead atoms. The fourth-order valence-corrected chi connectivity index (χ4v) is 12.8. The monoisotopic (exact) mass is 1360 g/mol. The number of aliphatic hydroxyl groups excluding tert-OH is 1. The van der Waals surface area contributed by atoms with Gasteiger partial charge in [0.25, 0.3) is 0 Å². The standard InChI is InChI=1S/C24H24ClN7O.C24H23ClN6O.C23H21ClN6O2/c1-15-12-27-23(28-21-7-4-8-30(21)2)29-22(15)17-10-19-14-32(24(33)31(19)13-17)20(11-26)16-5-3-6-18(25)9-16;1-15-12-26-23(27-21-8-5-9-29(21)3)28-22(15)18-11-20-14-30(24(32)31(20)13-18)16(2)17-6-4-7-19(25)10-17;1-28-9-3-6-21(28)27-22-25-8-7-19(26-22)16-11-18-13-30(23(32)29(18)12-16)20(14-31)15-4-2-5-17(24)10-15/h3-10,12-13,20H,11,14,26H2,1-2H3,(H,27,28,29);4-13,16H,14H2,1-3H3,(H,26,27,28);2-12,20,31H,13-14H2,1H3,(H,25,26,27)/t20-;16-;20-/m111/s1. The van der Waals surface area contributed by atoms with Gasteiger partial charge in [-0.15, -0.1) is 0 Å². The Bertz CT molecular complexity index is 4930. The summed E-state index contributed by atoms with van der Waals surface area (Å²) >= 11 is 18.4. The zero-order valence-electron chi connectivity index (χ0n) is 53.8. The number of rotatable bonds is 17. The van der Waals surface area contributed by atoms with Crippen LogP contribution in [0.5, 0.6) is 0 Å². The van der Waals surface area contributed by atoms with Crippen molar-refractivity contribution in [2.75, 3.05) is 29.1 Å². The number of hydrogen-bond acceptors (Lipinski definition) is 14. The number of aliphatic hydroxyl groups is 1. The molecule has 0 aliphatic carbocycles. The second-order valence-electron chi connectivity index (χ2n) is 23.9. The number of carbonyl (C=O) groups is 3. The van der Waals surface area contributed by atoms with Gasteiger partial charge in [-0.1, -0.05) is 71.2 Å². The van der Waals surface area contributed by atoms with Gasteiger partial charge < -0.3 is 55.2 Å². The van der Waals surface area contributed by atoms with Gasteiger partial charge in [0.05, 0.1) is 61.4 Å². The molecule has 3 aromatic carbocycles. The van der Waals surface area contributed by atoms with Gasteiger partial charge in [0.1, 0.15) is 17.5 Å². The van der Waals surface area contributed by atoms with Gasteiger partial charge in [-0.2, -0.15) is 0 Å². The Morgan fingerprint density at radius 3 is 1.33 bits per heavy atom. The maximum Gasteiger partial charge on any atom is 0.329 e. The van der Waals surface area contributed by atoms with Crippen LogP contribution in [0.1, 0.15) is 69.9 Å². The second-order valence-corrected chi connectivity index (χ2v) is 25.2. The van der Waals surface area contributed by atoms with E-state index in [0.29, 0.717) is 64.8 Å². The number of benzene rings is 3. The normalized spacial score (nSPS) is 14.0. The summed E-state index contributed by atoms with van der Waals surface area (Å²) < 4.78 is 10.8. The zero-order chi connectivity index (χ0) is 67.8. The Labute approximate surface area is 574 Å². The summed E-state index contributed by atoms with van der Waals surface area (Å²) in [6, 6.07) is 40.7. The van der Waals surface area contributed by atoms with Crippen molar-refractivity contribution in [3.8, 4) is 33.8 Å². The lowest BCUT2D eigenvalue weighted by atomic mass is 10.1. The molecule has 0 fully saturated rings. The highest BCUT2D eigenvalue weighted by Crippen LogP contribution is 2.38. The number of amides is 3. The Hall–Kier alpha value is -10.8. The van der Waals surface area contributed by atoms with Crippen LogP contribution in [-0.4, -0.2) is 108 Å². The van der Waals surface area contributed by atoms with Crippen LogP contribution < -0.4 is 21.7 Å². The third-order valence-electron chi connectivity index (χ3n) is 17.5. The van der Waals surface area contributed by atoms with Gasteiger partial charge in [0.2, 0.25) is 17.8 Å². The van der Waals surface area contributed by atoms with Crippen molar-refractivity contribution in [3.63, 3.8) is 0 Å². The topological polar surface area (TPSA) is 250 Å². The maximum atomic E-state index is 13.3. The maximum absolute atomic E-state index is 13.3. The molecule has 12 heterocycles. The van der Waals surface area contributed by atoms with Crippen LogP contribution in [0.4, 0.5) is 49.7 Å². The first-order valence-corrected chi connectivity index (χ1v) is 32.3. The van der Waals surface area contributed by atoms with Gasteiger partial charge >= 0.3 is 18.1 Å². The van der Waals surface area contributed by atoms with Crippen molar-refractivity contribution < 1.29 is 19.5 Å². The van der Waals surface area contributed by atoms with E-state index in [2.05, 4.69) is 35.9 Å². The number of fused-ring (bicyclic) bond motifs is 3. The molecule has 3 amide bonds. The van der Waals surface area contributed by atoms with E-state index in [9.17, 15) is 19.5 Å². The minimum Gasteiger partial charge on any atom is -0.394 e. The lowest BCUT2D eigenvalue weighted by Gasteiger charge is -2.26. The predicted octanol–water partition coefficient (Wildman–Crippen LogP) is 14.2. The number of carbonyl (C=O) groups excluding carboxylic acids is 3. The minimum atomic E-state index is -0.468. The molecular formula is C71H68Cl3N19O4. The number of aromatic nitrogens is 12. The minimum absolute atomic E-state index is 0.0485. The molecule has 15 rings (SSSR count). The smallest absolute Gasteiger partial charge is 0.329 e. The highest BCUT2D eigenvalue weighted by molar-refractivity contribution is 6.31. The van der Waals surface area contributed by atoms with E-state index in [4.69, 9.17) is 50.5 Å². The van der Waals surface area contributed by atoms with Crippen molar-refractivity contribution in [2.45, 2.75) is 58.5 Å². The van der Waals surface area contributed by atoms with E-state index in [1.807, 2.05) is 213 Å². The number of nitrogens with two attached hydrogens (primary N) is 1. The fraction of sp³-hybridized carbons (Fsp3) is 0.197. The van der Waals surface area contributed by atoms with Crippen molar-refractivity contribution in [1.29, 1.82) is 0 Å². The van der Waals surface area contributed by atoms with Gasteiger partial charge in [-0.3, -0.25) is 13.7 Å². The average Bonchev–Trinajstić information content (AvgIpc) is 1.63. The molecule has 492 valence electrons. The van der Waals surface area contributed by atoms with Crippen LogP contribution in [-0.2, 0) is 40.8 Å². The lowest BCUT2D eigenvalue weighted by molar-refractivity contribution is 0.141. The van der Waals surface area contributed by atoms with Crippen molar-refractivity contribution in [1.82, 2.24) is 72.0 Å². The van der Waals surface area contributed by atoms with Gasteiger partial charge in [-0.25, -0.2) is 44.3 Å². The molecule has 0 unspecified atom stereocenters. The first kappa shape index (κ1) is 64.9. The molecule has 0 saturated heterocycles. The summed E-state index contributed by atoms with van der Waals surface area (Å²) in [5.41, 5.74) is 18.2. The fourth-order valence-electron chi connectivity index (χ4n) is 12.2. The van der Waals surface area contributed by atoms with Crippen molar-refractivity contribution in [3.05, 3.63) is 249 Å². The Kier molecular flexibility index (Phi) is 18.4. The summed E-state index contributed by atoms with van der Waals surface area (Å²) in [6.07, 6.45) is 16.6. The Morgan fingerprint density at radius 2 is 0.897 bits per heavy atom. The van der Waals surface area contributed by atoms with E-state index in [0.717, 1.165) is 90.4 Å². The van der Waals surface area contributed by atoms with Crippen LogP contribution >= 0.6 is 34.8 Å². The van der Waals surface area contributed by atoms with Crippen molar-refractivity contribution in [2.24, 2.45) is 26.9 Å². The summed E-state index contributed by atoms with van der Waals surface area (Å²) in [5.74, 6) is 4.17. The SMILES string of the molecule is Cc1cnc(Nc2cccn2C)nc1-c1cc2n(c1)C(=O)N([C@H](C)c1cccc(Cl)c1)C2.Cc1cnc(Nc2cccn2C)nc1-c1cc2n(c1)C(=O)N([C@H](CN)c1cccc(Cl)c1)C2.Cn1cccc1Nc1nccc(-c2cc3n(c2)C(=O)N([C@H](CO)c2cccc(Cl)c2)C3)n1. The number of hydrogen-bond donors (Lipinski definition) is 5. The van der Waals surface area contributed by atoms with E-state index >= 15 is 0 Å². The first-order valence-electron chi connectivity index (χ1n) is 31.2. The third-order valence-corrected chi connectivity index (χ3v) is 18.2. The van der Waals surface area contributed by atoms with Crippen LogP contribution in [0.15, 0.2) is 189 Å². The lowest BCUT2D eigenvalue weighted by Crippen LogP contribution is -2.35. The highest BCUT2D eigenvalue weighted by Gasteiger charge is 2.37. The van der Waals surface area contributed by atoms with E-state index in [-0.39, 0.29) is 36.8 Å². The number of anilines is 6. The van der Waals surface area contributed by atoms with E-state index in [1.165, 1.54) is 0 Å². The Morgan fingerprint density at radius 1 is 0.495 bits per heavy atom. The number of aryl methyl sites for hydroxylation is 5. The molecule has 97 heavy (non-hydrogen) atoms. The van der Waals surface area contributed by atoms with Crippen LogP contribution in [0.2, 0.25) is 15.1 Å². The molecule has 3 aliphatic rings. The molecule has 3 atom stereocenters. The third kappa shape index (κ3) is 13.5. The average molecular weight is 1360 g/mol. The van der Waals surface area contributed by atoms with Gasteiger partial charge in [-0.05, 0) is 146 Å². The molecular weight excluding hydrogens is 1290 g/mol. The molecule has 26 heteroatoms. The zero-order valence-corrected chi connectivity index (χ0v) is 56.0. The highest BCUT2D eigenvalue weighted by atomic mass is 35.5. The second kappa shape index (κ2) is 27.5. The van der Waals surface area contributed by atoms with Crippen molar-refractivity contribution >= 4 is 88.2 Å². The number of nitrogens with zero attached hydrogens (tertiary/aromatic N) is 15. The molecule has 23 nitrogen and oxygen atoms in total. The van der Waals surface area contributed by atoms with Crippen LogP contribution in [0, 0.1) is 13.8 Å². The number of halogens is 3. The Balaban J connectivity index is 0.000000131. The van der Waals surface area contributed by atoms with Gasteiger partial charge in [0, 0.05) is 132 Å². The summed E-state index contributed by atoms with van der Waals surface area (Å²) in [4.78, 5) is 71.9. The molecule has 9 aromatic heterocycles.